The summed E-state index contributed by atoms with van der Waals surface area (Å²) in [6.45, 7) is 0. The molecule has 2 rings (SSSR count). The second-order valence-corrected chi connectivity index (χ2v) is 3.81. The number of hydrogen-bond acceptors (Lipinski definition) is 3. The second kappa shape index (κ2) is 4.00. The average Bonchev–Trinajstić information content (AvgIpc) is 2.86. The first-order valence-electron chi connectivity index (χ1n) is 5.09. The smallest absolute Gasteiger partial charge is 0.156 e. The van der Waals surface area contributed by atoms with Crippen LogP contribution in [0.25, 0.3) is 0 Å². The van der Waals surface area contributed by atoms with Crippen molar-refractivity contribution in [2.45, 2.75) is 31.3 Å². The van der Waals surface area contributed by atoms with Crippen LogP contribution in [0.5, 0.6) is 5.75 Å². The molecule has 2 unspecified atom stereocenters. The van der Waals surface area contributed by atoms with Crippen LogP contribution >= 0.6 is 0 Å². The topological polar surface area (TPSA) is 39.1 Å². The Morgan fingerprint density at radius 3 is 3.00 bits per heavy atom. The monoisotopic (exact) mass is 195 g/mol. The van der Waals surface area contributed by atoms with E-state index in [0.717, 1.165) is 5.75 Å². The Hall–Kier alpha value is -1.03. The average molecular weight is 195 g/mol. The van der Waals surface area contributed by atoms with Gasteiger partial charge in [-0.2, -0.15) is 5.10 Å². The first-order chi connectivity index (χ1) is 6.83. The molecule has 1 saturated carbocycles. The molecule has 1 aliphatic carbocycles. The van der Waals surface area contributed by atoms with Crippen molar-refractivity contribution < 1.29 is 4.74 Å². The van der Waals surface area contributed by atoms with Crippen LogP contribution in [0.15, 0.2) is 12.4 Å². The first kappa shape index (κ1) is 9.52. The van der Waals surface area contributed by atoms with Crippen molar-refractivity contribution in [1.82, 2.24) is 15.1 Å². The Kier molecular flexibility index (Phi) is 2.72. The third-order valence-electron chi connectivity index (χ3n) is 3.00. The maximum atomic E-state index is 5.11. The SMILES string of the molecule is CNC1CCC(n2cc(OC)cn2)C1. The summed E-state index contributed by atoms with van der Waals surface area (Å²) >= 11 is 0. The van der Waals surface area contributed by atoms with Gasteiger partial charge in [-0.3, -0.25) is 4.68 Å². The lowest BCUT2D eigenvalue weighted by Crippen LogP contribution is -2.21. The Bertz CT molecular complexity index is 297. The Morgan fingerprint density at radius 1 is 1.57 bits per heavy atom. The maximum Gasteiger partial charge on any atom is 0.156 e. The van der Waals surface area contributed by atoms with Gasteiger partial charge in [0, 0.05) is 6.04 Å². The molecule has 1 N–H and O–H groups in total. The molecule has 0 spiro atoms. The van der Waals surface area contributed by atoms with Gasteiger partial charge in [0.05, 0.1) is 25.5 Å². The molecule has 0 aromatic carbocycles. The maximum absolute atomic E-state index is 5.11. The summed E-state index contributed by atoms with van der Waals surface area (Å²) in [4.78, 5) is 0. The fraction of sp³-hybridized carbons (Fsp3) is 0.700. The van der Waals surface area contributed by atoms with E-state index >= 15 is 0 Å². The van der Waals surface area contributed by atoms with Gasteiger partial charge < -0.3 is 10.1 Å². The number of ether oxygens (including phenoxy) is 1. The van der Waals surface area contributed by atoms with Gasteiger partial charge in [0.1, 0.15) is 0 Å². The molecule has 1 aromatic heterocycles. The van der Waals surface area contributed by atoms with E-state index in [2.05, 4.69) is 10.4 Å². The fourth-order valence-corrected chi connectivity index (χ4v) is 2.09. The molecule has 4 heteroatoms. The predicted octanol–water partition coefficient (Wildman–Crippen LogP) is 1.20. The molecule has 0 radical (unpaired) electrons. The van der Waals surface area contributed by atoms with Gasteiger partial charge in [-0.15, -0.1) is 0 Å². The molecule has 1 aromatic rings. The summed E-state index contributed by atoms with van der Waals surface area (Å²) in [5, 5.41) is 7.61. The lowest BCUT2D eigenvalue weighted by molar-refractivity contribution is 0.409. The van der Waals surface area contributed by atoms with Crippen molar-refractivity contribution in [1.29, 1.82) is 0 Å². The highest BCUT2D eigenvalue weighted by molar-refractivity contribution is 5.12. The molecule has 0 saturated heterocycles. The summed E-state index contributed by atoms with van der Waals surface area (Å²) < 4.78 is 7.13. The van der Waals surface area contributed by atoms with E-state index in [1.54, 1.807) is 13.3 Å². The van der Waals surface area contributed by atoms with Crippen LogP contribution in [0.1, 0.15) is 25.3 Å². The van der Waals surface area contributed by atoms with Crippen LogP contribution in [0.2, 0.25) is 0 Å². The number of hydrogen-bond donors (Lipinski definition) is 1. The molecular formula is C10H17N3O. The molecule has 0 amide bonds. The number of aromatic nitrogens is 2. The lowest BCUT2D eigenvalue weighted by Gasteiger charge is -2.10. The third-order valence-corrected chi connectivity index (χ3v) is 3.00. The van der Waals surface area contributed by atoms with Gasteiger partial charge >= 0.3 is 0 Å². The molecule has 14 heavy (non-hydrogen) atoms. The van der Waals surface area contributed by atoms with Crippen LogP contribution in [0.3, 0.4) is 0 Å². The van der Waals surface area contributed by atoms with Gasteiger partial charge in [0.15, 0.2) is 5.75 Å². The molecule has 0 bridgehead atoms. The summed E-state index contributed by atoms with van der Waals surface area (Å²) in [5.74, 6) is 0.845. The van der Waals surface area contributed by atoms with Gasteiger partial charge in [-0.05, 0) is 26.3 Å². The van der Waals surface area contributed by atoms with Crippen molar-refractivity contribution in [2.75, 3.05) is 14.2 Å². The van der Waals surface area contributed by atoms with E-state index < -0.39 is 0 Å². The molecular weight excluding hydrogens is 178 g/mol. The number of nitrogens with zero attached hydrogens (tertiary/aromatic N) is 2. The van der Waals surface area contributed by atoms with Crippen LogP contribution in [0, 0.1) is 0 Å². The van der Waals surface area contributed by atoms with Crippen molar-refractivity contribution in [3.8, 4) is 5.75 Å². The number of nitrogens with one attached hydrogen (secondary N) is 1. The van der Waals surface area contributed by atoms with Gasteiger partial charge in [0.25, 0.3) is 0 Å². The minimum atomic E-state index is 0.538. The van der Waals surface area contributed by atoms with E-state index in [4.69, 9.17) is 4.74 Å². The summed E-state index contributed by atoms with van der Waals surface area (Å²) in [5.41, 5.74) is 0. The normalized spacial score (nSPS) is 26.7. The van der Waals surface area contributed by atoms with Crippen molar-refractivity contribution in [3.63, 3.8) is 0 Å². The Labute approximate surface area is 84.3 Å². The minimum Gasteiger partial charge on any atom is -0.493 e. The quantitative estimate of drug-likeness (QED) is 0.787. The van der Waals surface area contributed by atoms with Crippen molar-refractivity contribution in [2.24, 2.45) is 0 Å². The zero-order valence-corrected chi connectivity index (χ0v) is 8.73. The lowest BCUT2D eigenvalue weighted by atomic mass is 10.2. The van der Waals surface area contributed by atoms with E-state index in [1.165, 1.54) is 19.3 Å². The Morgan fingerprint density at radius 2 is 2.43 bits per heavy atom. The number of methoxy groups -OCH3 is 1. The molecule has 4 nitrogen and oxygen atoms in total. The van der Waals surface area contributed by atoms with Crippen molar-refractivity contribution >= 4 is 0 Å². The van der Waals surface area contributed by atoms with Crippen LogP contribution in [-0.2, 0) is 0 Å². The van der Waals surface area contributed by atoms with Crippen LogP contribution in [-0.4, -0.2) is 30.0 Å². The molecule has 1 heterocycles. The predicted molar refractivity (Wildman–Crippen MR) is 54.5 cm³/mol. The van der Waals surface area contributed by atoms with Gasteiger partial charge in [-0.1, -0.05) is 0 Å². The fourth-order valence-electron chi connectivity index (χ4n) is 2.09. The summed E-state index contributed by atoms with van der Waals surface area (Å²) in [6, 6.07) is 1.19. The zero-order valence-electron chi connectivity index (χ0n) is 8.73. The first-order valence-corrected chi connectivity index (χ1v) is 5.09. The zero-order chi connectivity index (χ0) is 9.97. The van der Waals surface area contributed by atoms with E-state index in [-0.39, 0.29) is 0 Å². The third kappa shape index (κ3) is 1.75. The minimum absolute atomic E-state index is 0.538. The largest absolute Gasteiger partial charge is 0.493 e. The molecule has 1 aliphatic rings. The molecule has 2 atom stereocenters. The van der Waals surface area contributed by atoms with E-state index in [9.17, 15) is 0 Å². The summed E-state index contributed by atoms with van der Waals surface area (Å²) in [6.07, 6.45) is 7.36. The Balaban J connectivity index is 2.02. The van der Waals surface area contributed by atoms with Crippen LogP contribution in [0.4, 0.5) is 0 Å². The summed E-state index contributed by atoms with van der Waals surface area (Å²) in [7, 11) is 3.70. The molecule has 1 fully saturated rings. The molecule has 0 aliphatic heterocycles. The highest BCUT2D eigenvalue weighted by Crippen LogP contribution is 2.30. The van der Waals surface area contributed by atoms with Gasteiger partial charge in [-0.25, -0.2) is 0 Å². The van der Waals surface area contributed by atoms with E-state index in [0.29, 0.717) is 12.1 Å². The standard InChI is InChI=1S/C10H17N3O/c1-11-8-3-4-9(5-8)13-7-10(14-2)6-12-13/h6-9,11H,3-5H2,1-2H3. The second-order valence-electron chi connectivity index (χ2n) is 3.81. The number of rotatable bonds is 3. The highest BCUT2D eigenvalue weighted by atomic mass is 16.5. The molecule has 78 valence electrons. The van der Waals surface area contributed by atoms with Crippen molar-refractivity contribution in [3.05, 3.63) is 12.4 Å². The van der Waals surface area contributed by atoms with E-state index in [1.807, 2.05) is 17.9 Å². The van der Waals surface area contributed by atoms with Gasteiger partial charge in [0.2, 0.25) is 0 Å². The van der Waals surface area contributed by atoms with Crippen LogP contribution < -0.4 is 10.1 Å². The highest BCUT2D eigenvalue weighted by Gasteiger charge is 2.25.